The van der Waals surface area contributed by atoms with E-state index in [-0.39, 0.29) is 5.48 Å². The van der Waals surface area contributed by atoms with Gasteiger partial charge in [-0.05, 0) is 12.2 Å². The van der Waals surface area contributed by atoms with Crippen LogP contribution in [0.1, 0.15) is 0 Å². The number of nitrogens with two attached hydrogens (primary N) is 1. The fraction of sp³-hybridized carbons (Fsp3) is 0. The van der Waals surface area contributed by atoms with Crippen molar-refractivity contribution in [2.75, 3.05) is 0 Å². The third-order valence-electron chi connectivity index (χ3n) is 0. The zero-order valence-corrected chi connectivity index (χ0v) is 6.89. The normalized spacial score (nSPS) is 4.00. The average Bonchev–Trinajstić information content (AvgIpc) is 1.41. The number of aliphatic hydroxyl groups excluding tert-OH is 1. The quantitative estimate of drug-likeness (QED) is 0.433. The summed E-state index contributed by atoms with van der Waals surface area (Å²) in [6.45, 7) is 0. The van der Waals surface area contributed by atoms with E-state index in [2.05, 4.69) is 27.8 Å². The van der Waals surface area contributed by atoms with Crippen LogP contribution in [0.2, 0.25) is 0 Å². The van der Waals surface area contributed by atoms with Crippen molar-refractivity contribution in [3.63, 3.8) is 0 Å². The van der Waals surface area contributed by atoms with E-state index < -0.39 is 5.17 Å². The first kappa shape index (κ1) is 15.6. The second kappa shape index (κ2) is 16.0. The van der Waals surface area contributed by atoms with Gasteiger partial charge in [-0.25, -0.2) is 0 Å². The van der Waals surface area contributed by atoms with Gasteiger partial charge in [-0.2, -0.15) is 0 Å². The summed E-state index contributed by atoms with van der Waals surface area (Å²) in [5.41, 5.74) is 4.40. The van der Waals surface area contributed by atoms with Crippen LogP contribution in [0.25, 0.3) is 0 Å². The van der Waals surface area contributed by atoms with Gasteiger partial charge in [0.2, 0.25) is 0 Å². The zero-order valence-electron chi connectivity index (χ0n) is 3.25. The molecule has 0 saturated heterocycles. The summed E-state index contributed by atoms with van der Waals surface area (Å²) in [6, 6.07) is 0. The Morgan fingerprint density at radius 1 is 1.57 bits per heavy atom. The van der Waals surface area contributed by atoms with Gasteiger partial charge in [0.25, 0.3) is 5.17 Å². The molecule has 0 bridgehead atoms. The van der Waals surface area contributed by atoms with E-state index >= 15 is 0 Å². The summed E-state index contributed by atoms with van der Waals surface area (Å²) in [5, 5.41) is 7.06. The Kier molecular flexibility index (Phi) is 35.8. The second-order valence-corrected chi connectivity index (χ2v) is 0.757. The molecule has 0 radical (unpaired) electrons. The number of hydrogen-bond acceptors (Lipinski definition) is 2. The van der Waals surface area contributed by atoms with Crippen molar-refractivity contribution < 1.29 is 28.6 Å². The zero-order chi connectivity index (χ0) is 5.58. The van der Waals surface area contributed by atoms with Crippen molar-refractivity contribution >= 4 is 27.2 Å². The number of rotatable bonds is 0. The molecule has 0 amide bonds. The number of aliphatic hydroxyl groups is 1. The van der Waals surface area contributed by atoms with Gasteiger partial charge in [0.15, 0.2) is 0 Å². The molecule has 0 unspecified atom stereocenters. The summed E-state index contributed by atoms with van der Waals surface area (Å²) >= 11 is 5.40. The van der Waals surface area contributed by atoms with Crippen LogP contribution in [0.3, 0.4) is 0 Å². The van der Waals surface area contributed by atoms with E-state index in [1.54, 1.807) is 0 Å². The van der Waals surface area contributed by atoms with E-state index in [0.29, 0.717) is 0 Å². The number of thiocarbonyl (C=S) groups is 1. The third kappa shape index (κ3) is 437. The van der Waals surface area contributed by atoms with E-state index in [1.165, 1.54) is 18.0 Å². The standard InChI is InChI=1S/CH3NOS.Mo.H2O.S/c2-1(3)4;;;/h(H3,2,3,4);;1H2;. The molecule has 0 rings (SSSR count). The van der Waals surface area contributed by atoms with Gasteiger partial charge in [0.1, 0.15) is 0 Å². The Bertz CT molecular complexity index is 47.0. The van der Waals surface area contributed by atoms with Crippen molar-refractivity contribution in [3.8, 4) is 0 Å². The summed E-state index contributed by atoms with van der Waals surface area (Å²) in [6.07, 6.45) is 0. The van der Waals surface area contributed by atoms with Crippen LogP contribution in [-0.2, 0) is 18.0 Å². The Morgan fingerprint density at radius 2 is 1.57 bits per heavy atom. The van der Waals surface area contributed by atoms with Gasteiger partial charge in [0.05, 0.1) is 0 Å². The molecule has 0 aromatic rings. The van der Waals surface area contributed by atoms with Crippen molar-refractivity contribution in [2.24, 2.45) is 5.73 Å². The summed E-state index contributed by atoms with van der Waals surface area (Å²) < 4.78 is 0. The third-order valence-corrected chi connectivity index (χ3v) is 0. The molecule has 0 aliphatic rings. The van der Waals surface area contributed by atoms with Crippen molar-refractivity contribution in [1.82, 2.24) is 0 Å². The molecule has 44 valence electrons. The summed E-state index contributed by atoms with van der Waals surface area (Å²) in [5.74, 6) is 0. The van der Waals surface area contributed by atoms with Gasteiger partial charge < -0.3 is 16.3 Å². The van der Waals surface area contributed by atoms with Crippen molar-refractivity contribution in [1.29, 1.82) is 0 Å². The van der Waals surface area contributed by atoms with E-state index in [1.807, 2.05) is 0 Å². The molecule has 0 fully saturated rings. The van der Waals surface area contributed by atoms with Gasteiger partial charge in [0, 0.05) is 0 Å². The molecule has 7 heavy (non-hydrogen) atoms. The monoisotopic (exact) mass is 225 g/mol. The van der Waals surface area contributed by atoms with Crippen LogP contribution in [-0.4, -0.2) is 15.8 Å². The van der Waals surface area contributed by atoms with Crippen LogP contribution in [0.15, 0.2) is 0 Å². The molecular formula is CH5MoNO2S2. The van der Waals surface area contributed by atoms with Crippen LogP contribution in [0, 0.1) is 0 Å². The van der Waals surface area contributed by atoms with Gasteiger partial charge in [-0.1, -0.05) is 0 Å². The van der Waals surface area contributed by atoms with Gasteiger partial charge in [-0.3, -0.25) is 0 Å². The van der Waals surface area contributed by atoms with Gasteiger partial charge >= 0.3 is 27.8 Å². The predicted molar refractivity (Wildman–Crippen MR) is 30.6 cm³/mol. The number of hydrogen-bond donors (Lipinski definition) is 2. The maximum absolute atomic E-state index is 7.56. The first-order valence-electron chi connectivity index (χ1n) is 0.883. The molecule has 0 heterocycles. The molecule has 0 aliphatic carbocycles. The van der Waals surface area contributed by atoms with Crippen LogP contribution >= 0.6 is 22.0 Å². The molecule has 0 atom stereocenters. The first-order chi connectivity index (χ1) is 2.73. The first-order valence-corrected chi connectivity index (χ1v) is 4.08. The van der Waals surface area contributed by atoms with Crippen LogP contribution in [0.5, 0.6) is 0 Å². The Hall–Kier alpha value is 0.558. The van der Waals surface area contributed by atoms with Crippen molar-refractivity contribution in [2.45, 2.75) is 0 Å². The second-order valence-electron chi connectivity index (χ2n) is 0.338. The Labute approximate surface area is 61.5 Å². The molecular weight excluding hydrogens is 218 g/mol. The molecule has 0 aromatic carbocycles. The molecule has 3 nitrogen and oxygen atoms in total. The average molecular weight is 223 g/mol. The summed E-state index contributed by atoms with van der Waals surface area (Å²) in [7, 11) is 4.09. The molecule has 0 spiro atoms. The molecule has 0 aliphatic heterocycles. The van der Waals surface area contributed by atoms with Crippen molar-refractivity contribution in [3.05, 3.63) is 0 Å². The maximum atomic E-state index is 7.56. The topological polar surface area (TPSA) is 77.8 Å². The minimum atomic E-state index is -0.500. The molecule has 6 heteroatoms. The SMILES string of the molecule is NC(O)=S.O.[S]=[Mo]. The molecule has 0 aromatic heterocycles. The fourth-order valence-electron chi connectivity index (χ4n) is 0. The fourth-order valence-corrected chi connectivity index (χ4v) is 0. The van der Waals surface area contributed by atoms with E-state index in [0.717, 1.165) is 0 Å². The van der Waals surface area contributed by atoms with E-state index in [9.17, 15) is 0 Å². The molecule has 0 saturated carbocycles. The van der Waals surface area contributed by atoms with E-state index in [4.69, 9.17) is 5.11 Å². The van der Waals surface area contributed by atoms with Crippen LogP contribution in [0.4, 0.5) is 0 Å². The molecule has 5 N–H and O–H groups in total. The van der Waals surface area contributed by atoms with Crippen LogP contribution < -0.4 is 5.73 Å². The Balaban J connectivity index is -0.0000000480. The van der Waals surface area contributed by atoms with Gasteiger partial charge in [-0.15, -0.1) is 0 Å². The Morgan fingerprint density at radius 3 is 1.57 bits per heavy atom. The summed E-state index contributed by atoms with van der Waals surface area (Å²) in [4.78, 5) is 0. The minimum absolute atomic E-state index is 0. The predicted octanol–water partition coefficient (Wildman–Crippen LogP) is -0.391.